The number of rotatable bonds is 8. The summed E-state index contributed by atoms with van der Waals surface area (Å²) in [7, 11) is 0. The Hall–Kier alpha value is -1.85. The van der Waals surface area contributed by atoms with Crippen LogP contribution in [0, 0.1) is 5.92 Å². The zero-order valence-electron chi connectivity index (χ0n) is 18.0. The van der Waals surface area contributed by atoms with Gasteiger partial charge in [-0.15, -0.1) is 0 Å². The maximum atomic E-state index is 5.93. The maximum absolute atomic E-state index is 5.93. The van der Waals surface area contributed by atoms with E-state index in [0.29, 0.717) is 11.9 Å². The lowest BCUT2D eigenvalue weighted by molar-refractivity contribution is 0.177. The highest BCUT2D eigenvalue weighted by Crippen LogP contribution is 2.24. The molecular formula is C24H35N3O2. The third-order valence-corrected chi connectivity index (χ3v) is 6.47. The Kier molecular flexibility index (Phi) is 6.88. The average Bonchev–Trinajstić information content (AvgIpc) is 3.37. The van der Waals surface area contributed by atoms with Crippen LogP contribution in [-0.2, 0) is 6.54 Å². The first kappa shape index (κ1) is 20.4. The molecule has 0 spiro atoms. The number of oxazole rings is 1. The van der Waals surface area contributed by atoms with Crippen molar-refractivity contribution in [2.24, 2.45) is 5.92 Å². The van der Waals surface area contributed by atoms with E-state index in [4.69, 9.17) is 9.15 Å². The number of piperidine rings is 1. The van der Waals surface area contributed by atoms with Gasteiger partial charge in [-0.3, -0.25) is 4.90 Å². The molecule has 5 heteroatoms. The number of nitrogens with zero attached hydrogens (tertiary/aromatic N) is 3. The maximum Gasteiger partial charge on any atom is 0.226 e. The standard InChI is InChI=1S/C24H35N3O2/c1-19-10-14-26(15-11-19)12-4-16-28-23-8-6-21(7-9-23)24-25-22(18-29-24)17-27-13-3-5-20(27)2/h6-9,18-20H,3-5,10-17H2,1-2H3. The lowest BCUT2D eigenvalue weighted by atomic mass is 9.99. The first-order chi connectivity index (χ1) is 14.2. The molecule has 0 bridgehead atoms. The minimum Gasteiger partial charge on any atom is -0.494 e. The third-order valence-electron chi connectivity index (χ3n) is 6.47. The molecule has 1 aromatic carbocycles. The van der Waals surface area contributed by atoms with Crippen LogP contribution in [0.1, 0.15) is 51.6 Å². The minimum atomic E-state index is 0.644. The lowest BCUT2D eigenvalue weighted by Gasteiger charge is -2.30. The molecule has 0 N–H and O–H groups in total. The predicted molar refractivity (Wildman–Crippen MR) is 116 cm³/mol. The van der Waals surface area contributed by atoms with Crippen molar-refractivity contribution in [3.05, 3.63) is 36.2 Å². The topological polar surface area (TPSA) is 41.7 Å². The minimum absolute atomic E-state index is 0.644. The molecule has 0 amide bonds. The highest BCUT2D eigenvalue weighted by Gasteiger charge is 2.21. The van der Waals surface area contributed by atoms with Crippen LogP contribution in [0.25, 0.3) is 11.5 Å². The van der Waals surface area contributed by atoms with Crippen molar-refractivity contribution < 1.29 is 9.15 Å². The molecule has 1 aromatic heterocycles. The fraction of sp³-hybridized carbons (Fsp3) is 0.625. The van der Waals surface area contributed by atoms with E-state index < -0.39 is 0 Å². The van der Waals surface area contributed by atoms with E-state index in [0.717, 1.165) is 55.6 Å². The number of hydrogen-bond donors (Lipinski definition) is 0. The van der Waals surface area contributed by atoms with Crippen LogP contribution < -0.4 is 4.74 Å². The summed E-state index contributed by atoms with van der Waals surface area (Å²) in [6.07, 6.45) is 8.11. The van der Waals surface area contributed by atoms with Crippen LogP contribution >= 0.6 is 0 Å². The van der Waals surface area contributed by atoms with Gasteiger partial charge in [0.1, 0.15) is 12.0 Å². The van der Waals surface area contributed by atoms with Crippen LogP contribution in [0.4, 0.5) is 0 Å². The molecule has 2 aliphatic heterocycles. The van der Waals surface area contributed by atoms with E-state index in [1.807, 2.05) is 24.3 Å². The molecule has 2 saturated heterocycles. The van der Waals surface area contributed by atoms with Crippen molar-refractivity contribution in [1.82, 2.24) is 14.8 Å². The van der Waals surface area contributed by atoms with Crippen molar-refractivity contribution >= 4 is 0 Å². The van der Waals surface area contributed by atoms with Crippen LogP contribution in [0.15, 0.2) is 34.9 Å². The lowest BCUT2D eigenvalue weighted by Crippen LogP contribution is -2.34. The summed E-state index contributed by atoms with van der Waals surface area (Å²) in [5, 5.41) is 0. The summed E-state index contributed by atoms with van der Waals surface area (Å²) in [4.78, 5) is 9.73. The molecule has 2 fully saturated rings. The fourth-order valence-corrected chi connectivity index (χ4v) is 4.41. The Morgan fingerprint density at radius 3 is 2.59 bits per heavy atom. The second-order valence-electron chi connectivity index (χ2n) is 8.86. The number of likely N-dealkylation sites (tertiary alicyclic amines) is 2. The van der Waals surface area contributed by atoms with Crippen LogP contribution in [-0.4, -0.2) is 53.6 Å². The summed E-state index contributed by atoms with van der Waals surface area (Å²) in [5.74, 6) is 2.50. The van der Waals surface area contributed by atoms with Crippen molar-refractivity contribution in [3.8, 4) is 17.2 Å². The molecule has 2 aliphatic rings. The Bertz CT molecular complexity index is 750. The van der Waals surface area contributed by atoms with Gasteiger partial charge in [0.25, 0.3) is 0 Å². The van der Waals surface area contributed by atoms with Gasteiger partial charge < -0.3 is 14.1 Å². The first-order valence-electron chi connectivity index (χ1n) is 11.3. The quantitative estimate of drug-likeness (QED) is 0.597. The Morgan fingerprint density at radius 1 is 1.07 bits per heavy atom. The number of benzene rings is 1. The Morgan fingerprint density at radius 2 is 1.86 bits per heavy atom. The molecule has 29 heavy (non-hydrogen) atoms. The average molecular weight is 398 g/mol. The first-order valence-corrected chi connectivity index (χ1v) is 11.3. The number of aromatic nitrogens is 1. The SMILES string of the molecule is CC1CCN(CCCOc2ccc(-c3nc(CN4CCCC4C)co3)cc2)CC1. The van der Waals surface area contributed by atoms with E-state index in [2.05, 4.69) is 28.6 Å². The van der Waals surface area contributed by atoms with Gasteiger partial charge >= 0.3 is 0 Å². The van der Waals surface area contributed by atoms with Gasteiger partial charge in [-0.05, 0) is 88.8 Å². The number of hydrogen-bond acceptors (Lipinski definition) is 5. The summed E-state index contributed by atoms with van der Waals surface area (Å²) >= 11 is 0. The summed E-state index contributed by atoms with van der Waals surface area (Å²) in [6, 6.07) is 8.75. The molecule has 0 aliphatic carbocycles. The molecule has 0 saturated carbocycles. The molecule has 2 aromatic rings. The normalized spacial score (nSPS) is 21.7. The van der Waals surface area contributed by atoms with Crippen molar-refractivity contribution in [3.63, 3.8) is 0 Å². The highest BCUT2D eigenvalue weighted by atomic mass is 16.5. The molecule has 158 valence electrons. The highest BCUT2D eigenvalue weighted by molar-refractivity contribution is 5.54. The summed E-state index contributed by atoms with van der Waals surface area (Å²) in [6.45, 7) is 11.1. The van der Waals surface area contributed by atoms with E-state index in [1.54, 1.807) is 6.26 Å². The molecular weight excluding hydrogens is 362 g/mol. The van der Waals surface area contributed by atoms with Gasteiger partial charge in [0.15, 0.2) is 0 Å². The van der Waals surface area contributed by atoms with Crippen molar-refractivity contribution in [2.75, 3.05) is 32.8 Å². The zero-order valence-corrected chi connectivity index (χ0v) is 18.0. The van der Waals surface area contributed by atoms with E-state index >= 15 is 0 Å². The second kappa shape index (κ2) is 9.77. The van der Waals surface area contributed by atoms with Gasteiger partial charge in [-0.1, -0.05) is 6.92 Å². The Balaban J connectivity index is 1.22. The van der Waals surface area contributed by atoms with E-state index in [9.17, 15) is 0 Å². The number of ether oxygens (including phenoxy) is 1. The monoisotopic (exact) mass is 397 g/mol. The fourth-order valence-electron chi connectivity index (χ4n) is 4.41. The van der Waals surface area contributed by atoms with E-state index in [1.165, 1.54) is 38.8 Å². The molecule has 3 heterocycles. The van der Waals surface area contributed by atoms with Gasteiger partial charge in [0, 0.05) is 24.7 Å². The Labute approximate surface area is 175 Å². The smallest absolute Gasteiger partial charge is 0.226 e. The molecule has 4 rings (SSSR count). The van der Waals surface area contributed by atoms with Crippen molar-refractivity contribution in [2.45, 2.75) is 58.5 Å². The van der Waals surface area contributed by atoms with Gasteiger partial charge in [0.05, 0.1) is 12.3 Å². The summed E-state index contributed by atoms with van der Waals surface area (Å²) in [5.41, 5.74) is 2.02. The van der Waals surface area contributed by atoms with Crippen LogP contribution in [0.5, 0.6) is 5.75 Å². The molecule has 1 atom stereocenters. The summed E-state index contributed by atoms with van der Waals surface area (Å²) < 4.78 is 11.7. The third kappa shape index (κ3) is 5.61. The van der Waals surface area contributed by atoms with Gasteiger partial charge in [0.2, 0.25) is 5.89 Å². The second-order valence-corrected chi connectivity index (χ2v) is 8.86. The van der Waals surface area contributed by atoms with Crippen LogP contribution in [0.3, 0.4) is 0 Å². The molecule has 0 radical (unpaired) electrons. The predicted octanol–water partition coefficient (Wildman–Crippen LogP) is 4.83. The van der Waals surface area contributed by atoms with E-state index in [-0.39, 0.29) is 0 Å². The van der Waals surface area contributed by atoms with Crippen LogP contribution in [0.2, 0.25) is 0 Å². The van der Waals surface area contributed by atoms with Gasteiger partial charge in [-0.2, -0.15) is 0 Å². The largest absolute Gasteiger partial charge is 0.494 e. The van der Waals surface area contributed by atoms with Crippen molar-refractivity contribution in [1.29, 1.82) is 0 Å². The molecule has 5 nitrogen and oxygen atoms in total. The molecule has 1 unspecified atom stereocenters. The van der Waals surface area contributed by atoms with Gasteiger partial charge in [-0.25, -0.2) is 4.98 Å². The zero-order chi connectivity index (χ0) is 20.1.